The number of ether oxygens (including phenoxy) is 6. The molecule has 9 nitrogen and oxygen atoms in total. The van der Waals surface area contributed by atoms with E-state index in [1.54, 1.807) is 26.2 Å². The van der Waals surface area contributed by atoms with Crippen molar-refractivity contribution in [3.63, 3.8) is 0 Å². The molecule has 4 heterocycles. The quantitative estimate of drug-likeness (QED) is 0.706. The Bertz CT molecular complexity index is 793. The Morgan fingerprint density at radius 3 is 2.17 bits per heavy atom. The monoisotopic (exact) mass is 422 g/mol. The molecule has 1 aromatic heterocycles. The maximum atomic E-state index is 12.5. The second-order valence-electron chi connectivity index (χ2n) is 9.28. The van der Waals surface area contributed by atoms with Crippen molar-refractivity contribution in [2.45, 2.75) is 89.7 Å². The van der Waals surface area contributed by atoms with Crippen LogP contribution < -0.4 is 0 Å². The van der Waals surface area contributed by atoms with Gasteiger partial charge in [0.05, 0.1) is 37.2 Å². The average molecular weight is 422 g/mol. The van der Waals surface area contributed by atoms with Crippen LogP contribution >= 0.6 is 0 Å². The predicted octanol–water partition coefficient (Wildman–Crippen LogP) is 2.08. The fraction of sp³-hybridized carbons (Fsp3) is 0.762. The molecule has 0 radical (unpaired) electrons. The molecule has 0 amide bonds. The van der Waals surface area contributed by atoms with E-state index in [-0.39, 0.29) is 31.0 Å². The summed E-state index contributed by atoms with van der Waals surface area (Å²) >= 11 is 0. The highest BCUT2D eigenvalue weighted by molar-refractivity contribution is 5.85. The van der Waals surface area contributed by atoms with Gasteiger partial charge in [-0.2, -0.15) is 0 Å². The number of nitrogens with zero attached hydrogens (tertiary/aromatic N) is 2. The molecule has 3 saturated heterocycles. The lowest BCUT2D eigenvalue weighted by Crippen LogP contribution is -2.35. The largest absolute Gasteiger partial charge is 0.348 e. The van der Waals surface area contributed by atoms with Gasteiger partial charge < -0.3 is 28.4 Å². The molecule has 30 heavy (non-hydrogen) atoms. The van der Waals surface area contributed by atoms with E-state index in [2.05, 4.69) is 9.97 Å². The molecule has 4 rings (SSSR count). The molecule has 4 atom stereocenters. The molecule has 166 valence electrons. The summed E-state index contributed by atoms with van der Waals surface area (Å²) < 4.78 is 34.9. The lowest BCUT2D eigenvalue weighted by atomic mass is 10.1. The minimum Gasteiger partial charge on any atom is -0.348 e. The van der Waals surface area contributed by atoms with E-state index >= 15 is 0 Å². The molecule has 0 aliphatic carbocycles. The second-order valence-corrected chi connectivity index (χ2v) is 9.28. The van der Waals surface area contributed by atoms with Gasteiger partial charge in [0.25, 0.3) is 0 Å². The number of hydrogen-bond donors (Lipinski definition) is 0. The molecule has 3 aliphatic rings. The van der Waals surface area contributed by atoms with Crippen molar-refractivity contribution in [1.29, 1.82) is 0 Å². The Balaban J connectivity index is 1.44. The minimum atomic E-state index is -0.783. The van der Waals surface area contributed by atoms with Gasteiger partial charge in [0.1, 0.15) is 24.4 Å². The van der Waals surface area contributed by atoms with E-state index in [0.717, 1.165) is 0 Å². The van der Waals surface area contributed by atoms with Crippen LogP contribution in [0, 0.1) is 0 Å². The van der Waals surface area contributed by atoms with Gasteiger partial charge in [0.15, 0.2) is 23.1 Å². The van der Waals surface area contributed by atoms with E-state index in [1.165, 1.54) is 0 Å². The predicted molar refractivity (Wildman–Crippen MR) is 103 cm³/mol. The second kappa shape index (κ2) is 7.58. The number of aromatic nitrogens is 2. The Morgan fingerprint density at radius 2 is 1.60 bits per heavy atom. The Hall–Kier alpha value is -1.49. The average Bonchev–Trinajstić information content (AvgIpc) is 3.29. The normalized spacial score (nSPS) is 34.3. The third-order valence-corrected chi connectivity index (χ3v) is 5.27. The van der Waals surface area contributed by atoms with Gasteiger partial charge in [-0.1, -0.05) is 0 Å². The first kappa shape index (κ1) is 21.7. The summed E-state index contributed by atoms with van der Waals surface area (Å²) in [7, 11) is 0. The standard InChI is InChI=1S/C21H30N2O7/c1-19(2)25-10-15(27-19)14(24)7-12-8-23-13(9-22-12)17-18(30-21(5,6)29-17)16-11-26-20(3,4)28-16/h8-9,15-18H,7,10-11H2,1-6H3/t15-,16+,17+,18+/m0/s1. The van der Waals surface area contributed by atoms with Gasteiger partial charge in [-0.3, -0.25) is 14.8 Å². The van der Waals surface area contributed by atoms with Gasteiger partial charge in [0, 0.05) is 6.20 Å². The molecule has 3 aliphatic heterocycles. The lowest BCUT2D eigenvalue weighted by Gasteiger charge is -2.23. The summed E-state index contributed by atoms with van der Waals surface area (Å²) in [5.74, 6) is -2.27. The van der Waals surface area contributed by atoms with Gasteiger partial charge >= 0.3 is 0 Å². The van der Waals surface area contributed by atoms with Gasteiger partial charge in [-0.05, 0) is 41.5 Å². The van der Waals surface area contributed by atoms with Crippen molar-refractivity contribution in [3.05, 3.63) is 23.8 Å². The van der Waals surface area contributed by atoms with Crippen LogP contribution in [0.4, 0.5) is 0 Å². The van der Waals surface area contributed by atoms with Crippen LogP contribution in [0.5, 0.6) is 0 Å². The third-order valence-electron chi connectivity index (χ3n) is 5.27. The first-order valence-electron chi connectivity index (χ1n) is 10.3. The summed E-state index contributed by atoms with van der Waals surface area (Å²) in [5, 5.41) is 0. The van der Waals surface area contributed by atoms with Crippen molar-refractivity contribution < 1.29 is 33.2 Å². The number of ketones is 1. The van der Waals surface area contributed by atoms with Crippen LogP contribution in [0.2, 0.25) is 0 Å². The van der Waals surface area contributed by atoms with Crippen molar-refractivity contribution in [2.75, 3.05) is 13.2 Å². The summed E-state index contributed by atoms with van der Waals surface area (Å²) in [5.41, 5.74) is 1.19. The molecule has 0 spiro atoms. The molecule has 0 bridgehead atoms. The molecule has 0 aromatic carbocycles. The first-order valence-corrected chi connectivity index (χ1v) is 10.3. The van der Waals surface area contributed by atoms with Gasteiger partial charge in [-0.15, -0.1) is 0 Å². The van der Waals surface area contributed by atoms with Crippen molar-refractivity contribution in [2.24, 2.45) is 0 Å². The molecule has 1 aromatic rings. The van der Waals surface area contributed by atoms with Crippen molar-refractivity contribution in [3.8, 4) is 0 Å². The lowest BCUT2D eigenvalue weighted by molar-refractivity contribution is -0.174. The molecular formula is C21H30N2O7. The van der Waals surface area contributed by atoms with E-state index in [9.17, 15) is 4.79 Å². The Morgan fingerprint density at radius 1 is 0.900 bits per heavy atom. The van der Waals surface area contributed by atoms with Crippen LogP contribution in [0.25, 0.3) is 0 Å². The Kier molecular flexibility index (Phi) is 5.49. The van der Waals surface area contributed by atoms with Crippen LogP contribution in [-0.2, 0) is 39.6 Å². The fourth-order valence-corrected chi connectivity index (χ4v) is 3.91. The van der Waals surface area contributed by atoms with E-state index in [0.29, 0.717) is 18.0 Å². The van der Waals surface area contributed by atoms with Gasteiger partial charge in [-0.25, -0.2) is 0 Å². The van der Waals surface area contributed by atoms with Crippen LogP contribution in [0.15, 0.2) is 12.4 Å². The molecular weight excluding hydrogens is 392 g/mol. The van der Waals surface area contributed by atoms with Crippen LogP contribution in [0.1, 0.15) is 59.0 Å². The molecule has 3 fully saturated rings. The zero-order valence-electron chi connectivity index (χ0n) is 18.3. The summed E-state index contributed by atoms with van der Waals surface area (Å²) in [6, 6.07) is 0. The number of Topliss-reactive ketones (excluding diaryl/α,β-unsaturated/α-hetero) is 1. The minimum absolute atomic E-state index is 0.0826. The van der Waals surface area contributed by atoms with Crippen LogP contribution in [0.3, 0.4) is 0 Å². The smallest absolute Gasteiger partial charge is 0.170 e. The number of carbonyl (C=O) groups is 1. The highest BCUT2D eigenvalue weighted by Gasteiger charge is 2.50. The number of rotatable bonds is 5. The molecule has 9 heteroatoms. The summed E-state index contributed by atoms with van der Waals surface area (Å²) in [4.78, 5) is 21.4. The first-order chi connectivity index (χ1) is 13.9. The van der Waals surface area contributed by atoms with E-state index in [1.807, 2.05) is 27.7 Å². The van der Waals surface area contributed by atoms with Crippen LogP contribution in [-0.4, -0.2) is 64.6 Å². The van der Waals surface area contributed by atoms with Crippen molar-refractivity contribution >= 4 is 5.78 Å². The maximum absolute atomic E-state index is 12.5. The van der Waals surface area contributed by atoms with Gasteiger partial charge in [0.2, 0.25) is 0 Å². The molecule has 0 saturated carbocycles. The zero-order chi connectivity index (χ0) is 21.7. The maximum Gasteiger partial charge on any atom is 0.170 e. The topological polar surface area (TPSA) is 98.2 Å². The highest BCUT2D eigenvalue weighted by Crippen LogP contribution is 2.42. The zero-order valence-corrected chi connectivity index (χ0v) is 18.3. The molecule has 0 unspecified atom stereocenters. The number of hydrogen-bond acceptors (Lipinski definition) is 9. The Labute approximate surface area is 176 Å². The summed E-state index contributed by atoms with van der Waals surface area (Å²) in [6.45, 7) is 11.7. The SMILES string of the molecule is CC1(C)OC[C@@H](C(=O)Cc2cnc([C@H]3OC(C)(C)O[C@@H]3[C@H]3COC(C)(C)O3)cn2)O1. The third kappa shape index (κ3) is 4.71. The van der Waals surface area contributed by atoms with E-state index in [4.69, 9.17) is 28.4 Å². The fourth-order valence-electron chi connectivity index (χ4n) is 3.91. The van der Waals surface area contributed by atoms with Crippen molar-refractivity contribution in [1.82, 2.24) is 9.97 Å². The van der Waals surface area contributed by atoms with E-state index < -0.39 is 29.6 Å². The highest BCUT2D eigenvalue weighted by atomic mass is 16.8. The number of carbonyl (C=O) groups excluding carboxylic acids is 1. The molecule has 0 N–H and O–H groups in total. The summed E-state index contributed by atoms with van der Waals surface area (Å²) in [6.07, 6.45) is 1.65.